The van der Waals surface area contributed by atoms with Gasteiger partial charge in [0.05, 0.1) is 0 Å². The molecule has 0 amide bonds. The van der Waals surface area contributed by atoms with Crippen LogP contribution in [0.4, 0.5) is 8.78 Å². The second-order valence-corrected chi connectivity index (χ2v) is 4.47. The molecule has 100 valence electrons. The van der Waals surface area contributed by atoms with Crippen LogP contribution in [-0.4, -0.2) is 47.6 Å². The van der Waals surface area contributed by atoms with Gasteiger partial charge >= 0.3 is 11.2 Å². The van der Waals surface area contributed by atoms with Gasteiger partial charge in [0.15, 0.2) is 0 Å². The molecule has 0 spiro atoms. The van der Waals surface area contributed by atoms with Crippen LogP contribution in [0.15, 0.2) is 0 Å². The van der Waals surface area contributed by atoms with E-state index in [1.165, 1.54) is 0 Å². The summed E-state index contributed by atoms with van der Waals surface area (Å²) < 4.78 is 34.2. The minimum Gasteiger partial charge on any atom is -0.457 e. The minimum absolute atomic E-state index is 0.514. The molecule has 0 aromatic carbocycles. The number of esters is 1. The zero-order valence-electron chi connectivity index (χ0n) is 9.10. The van der Waals surface area contributed by atoms with E-state index in [0.717, 1.165) is 0 Å². The second-order valence-electron chi connectivity index (χ2n) is 3.65. The van der Waals surface area contributed by atoms with Crippen molar-refractivity contribution in [3.05, 3.63) is 0 Å². The van der Waals surface area contributed by atoms with Crippen LogP contribution in [-0.2, 0) is 18.9 Å². The van der Waals surface area contributed by atoms with Gasteiger partial charge in [0.25, 0.3) is 0 Å². The van der Waals surface area contributed by atoms with Crippen molar-refractivity contribution in [2.45, 2.75) is 24.2 Å². The summed E-state index contributed by atoms with van der Waals surface area (Å²) >= 11 is -0.615. The maximum absolute atomic E-state index is 13.0. The van der Waals surface area contributed by atoms with Gasteiger partial charge in [-0.1, -0.05) is 5.04 Å². The highest BCUT2D eigenvalue weighted by atomic mass is 32.2. The third-order valence-corrected chi connectivity index (χ3v) is 2.85. The van der Waals surface area contributed by atoms with Crippen molar-refractivity contribution in [1.82, 2.24) is 4.90 Å². The van der Waals surface area contributed by atoms with Gasteiger partial charge in [0.1, 0.15) is 18.1 Å². The van der Waals surface area contributed by atoms with Crippen molar-refractivity contribution in [3.63, 3.8) is 0 Å². The lowest BCUT2D eigenvalue weighted by Gasteiger charge is -2.29. The highest BCUT2D eigenvalue weighted by Crippen LogP contribution is 2.32. The van der Waals surface area contributed by atoms with Gasteiger partial charge in [-0.3, -0.25) is 0 Å². The first-order valence-corrected chi connectivity index (χ1v) is 5.63. The molecule has 0 aliphatic carbocycles. The van der Waals surface area contributed by atoms with Crippen LogP contribution in [0.3, 0.4) is 0 Å². The first-order chi connectivity index (χ1) is 7.95. The molecular formula is C8H13F2NO5S. The topological polar surface area (TPSA) is 68.2 Å². The summed E-state index contributed by atoms with van der Waals surface area (Å²) in [5, 5.41) is 6.82. The standard InChI is InChI=1S/C8H13F2NO5S/c1-11-4-2-6(3-5-11)14-7(12)8(9,10)17-16-15-13/h6,13H,2-5H2,1H3. The summed E-state index contributed by atoms with van der Waals surface area (Å²) in [6.07, 6.45) is 0.515. The van der Waals surface area contributed by atoms with Crippen molar-refractivity contribution in [2.24, 2.45) is 0 Å². The van der Waals surface area contributed by atoms with Gasteiger partial charge in [0.2, 0.25) is 0 Å². The molecule has 0 bridgehead atoms. The number of nitrogens with zero attached hydrogens (tertiary/aromatic N) is 1. The van der Waals surface area contributed by atoms with Gasteiger partial charge in [-0.15, -0.1) is 4.33 Å². The summed E-state index contributed by atoms with van der Waals surface area (Å²) in [4.78, 5) is 13.1. The lowest BCUT2D eigenvalue weighted by Crippen LogP contribution is -2.38. The zero-order chi connectivity index (χ0) is 12.9. The van der Waals surface area contributed by atoms with Gasteiger partial charge in [-0.2, -0.15) is 8.78 Å². The molecular weight excluding hydrogens is 260 g/mol. The zero-order valence-corrected chi connectivity index (χ0v) is 9.91. The van der Waals surface area contributed by atoms with E-state index in [1.54, 1.807) is 0 Å². The van der Waals surface area contributed by atoms with Crippen LogP contribution in [0, 0.1) is 0 Å². The quantitative estimate of drug-likeness (QED) is 0.350. The Morgan fingerprint density at radius 3 is 2.59 bits per heavy atom. The predicted octanol–water partition coefficient (Wildman–Crippen LogP) is 1.29. The second kappa shape index (κ2) is 6.45. The number of halogens is 2. The van der Waals surface area contributed by atoms with E-state index in [2.05, 4.69) is 14.1 Å². The number of ether oxygens (including phenoxy) is 1. The number of rotatable bonds is 5. The molecule has 1 saturated heterocycles. The highest BCUT2D eigenvalue weighted by Gasteiger charge is 2.45. The van der Waals surface area contributed by atoms with Crippen LogP contribution >= 0.6 is 12.0 Å². The molecule has 1 N–H and O–H groups in total. The minimum atomic E-state index is -3.91. The lowest BCUT2D eigenvalue weighted by molar-refractivity contribution is -0.433. The maximum atomic E-state index is 13.0. The Labute approximate surface area is 101 Å². The fourth-order valence-electron chi connectivity index (χ4n) is 1.41. The molecule has 1 fully saturated rings. The molecule has 0 unspecified atom stereocenters. The third kappa shape index (κ3) is 4.72. The Balaban J connectivity index is 2.37. The molecule has 1 rings (SSSR count). The number of likely N-dealkylation sites (tertiary alicyclic amines) is 1. The Morgan fingerprint density at radius 1 is 1.47 bits per heavy atom. The van der Waals surface area contributed by atoms with Gasteiger partial charge in [-0.25, -0.2) is 10.1 Å². The normalized spacial score (nSPS) is 19.3. The van der Waals surface area contributed by atoms with E-state index in [0.29, 0.717) is 25.9 Å². The SMILES string of the molecule is CN1CCC(OC(=O)C(F)(F)SOOO)CC1. The molecule has 0 saturated carbocycles. The van der Waals surface area contributed by atoms with Crippen LogP contribution in [0.1, 0.15) is 12.8 Å². The molecule has 9 heteroatoms. The van der Waals surface area contributed by atoms with Crippen LogP contribution in [0.5, 0.6) is 0 Å². The molecule has 17 heavy (non-hydrogen) atoms. The number of carbonyl (C=O) groups is 1. The Kier molecular flexibility index (Phi) is 5.53. The van der Waals surface area contributed by atoms with Crippen molar-refractivity contribution >= 4 is 18.0 Å². The summed E-state index contributed by atoms with van der Waals surface area (Å²) in [5.41, 5.74) is 0. The number of carbonyl (C=O) groups excluding carboxylic acids is 1. The van der Waals surface area contributed by atoms with Gasteiger partial charge in [0, 0.05) is 13.1 Å². The molecule has 6 nitrogen and oxygen atoms in total. The summed E-state index contributed by atoms with van der Waals surface area (Å²) in [7, 11) is 1.90. The van der Waals surface area contributed by atoms with Crippen LogP contribution in [0.25, 0.3) is 0 Å². The van der Waals surface area contributed by atoms with Gasteiger partial charge < -0.3 is 9.64 Å². The third-order valence-electron chi connectivity index (χ3n) is 2.35. The maximum Gasteiger partial charge on any atom is 0.415 e. The number of hydrogen-bond donors (Lipinski definition) is 1. The smallest absolute Gasteiger partial charge is 0.415 e. The Bertz CT molecular complexity index is 260. The lowest BCUT2D eigenvalue weighted by atomic mass is 10.1. The first-order valence-electron chi connectivity index (χ1n) is 4.89. The monoisotopic (exact) mass is 273 g/mol. The predicted molar refractivity (Wildman–Crippen MR) is 53.9 cm³/mol. The van der Waals surface area contributed by atoms with E-state index < -0.39 is 29.4 Å². The van der Waals surface area contributed by atoms with Crippen molar-refractivity contribution < 1.29 is 32.9 Å². The van der Waals surface area contributed by atoms with Crippen LogP contribution in [0.2, 0.25) is 0 Å². The van der Waals surface area contributed by atoms with E-state index in [9.17, 15) is 13.6 Å². The Morgan fingerprint density at radius 2 is 2.06 bits per heavy atom. The number of hydrogen-bond acceptors (Lipinski definition) is 7. The van der Waals surface area contributed by atoms with E-state index in [4.69, 9.17) is 5.26 Å². The molecule has 1 heterocycles. The molecule has 1 aliphatic rings. The van der Waals surface area contributed by atoms with E-state index in [-0.39, 0.29) is 0 Å². The molecule has 0 atom stereocenters. The van der Waals surface area contributed by atoms with E-state index in [1.807, 2.05) is 11.9 Å². The summed E-state index contributed by atoms with van der Waals surface area (Å²) in [6.45, 7) is 1.37. The largest absolute Gasteiger partial charge is 0.457 e. The fourth-order valence-corrected chi connectivity index (χ4v) is 1.65. The van der Waals surface area contributed by atoms with Crippen molar-refractivity contribution in [1.29, 1.82) is 0 Å². The average Bonchev–Trinajstić information content (AvgIpc) is 2.29. The highest BCUT2D eigenvalue weighted by molar-refractivity contribution is 7.96. The first kappa shape index (κ1) is 14.6. The Hall–Kier alpha value is -0.480. The number of piperidine rings is 1. The molecule has 0 aromatic rings. The van der Waals surface area contributed by atoms with Crippen LogP contribution < -0.4 is 0 Å². The number of alkyl halides is 2. The summed E-state index contributed by atoms with van der Waals surface area (Å²) in [5.74, 6) is -1.70. The van der Waals surface area contributed by atoms with E-state index >= 15 is 0 Å². The van der Waals surface area contributed by atoms with Crippen molar-refractivity contribution in [2.75, 3.05) is 20.1 Å². The fraction of sp³-hybridized carbons (Fsp3) is 0.875. The molecule has 1 aliphatic heterocycles. The van der Waals surface area contributed by atoms with Gasteiger partial charge in [-0.05, 0) is 19.9 Å². The molecule has 0 aromatic heterocycles. The van der Waals surface area contributed by atoms with Crippen molar-refractivity contribution in [3.8, 4) is 0 Å². The average molecular weight is 273 g/mol. The summed E-state index contributed by atoms with van der Waals surface area (Å²) in [6, 6.07) is 0. The molecule has 0 radical (unpaired) electrons.